The minimum absolute atomic E-state index is 0.147. The Kier molecular flexibility index (Phi) is 5.62. The molecule has 0 fully saturated rings. The summed E-state index contributed by atoms with van der Waals surface area (Å²) in [5.41, 5.74) is 1.35. The molecule has 0 aliphatic rings. The maximum atomic E-state index is 9.86. The summed E-state index contributed by atoms with van der Waals surface area (Å²) in [6.45, 7) is 2.80. The fourth-order valence-electron chi connectivity index (χ4n) is 1.89. The van der Waals surface area contributed by atoms with E-state index < -0.39 is 0 Å². The van der Waals surface area contributed by atoms with Gasteiger partial charge in [0.1, 0.15) is 5.75 Å². The fraction of sp³-hybridized carbons (Fsp3) is 0.200. The predicted molar refractivity (Wildman–Crippen MR) is 90.8 cm³/mol. The molecule has 0 spiro atoms. The molecule has 0 aliphatic heterocycles. The summed E-state index contributed by atoms with van der Waals surface area (Å²) in [5.74, 6) is 0.822. The molecule has 0 atom stereocenters. The Balaban J connectivity index is 2.27. The van der Waals surface area contributed by atoms with Gasteiger partial charge in [-0.25, -0.2) is 0 Å². The third-order valence-corrected chi connectivity index (χ3v) is 4.01. The van der Waals surface area contributed by atoms with Gasteiger partial charge in [0.05, 0.1) is 16.8 Å². The number of aromatic hydroxyl groups is 1. The molecule has 0 bridgehead atoms. The summed E-state index contributed by atoms with van der Waals surface area (Å²) in [6.07, 6.45) is 0. The van der Waals surface area contributed by atoms with Gasteiger partial charge in [0.25, 0.3) is 0 Å². The first-order chi connectivity index (χ1) is 10.0. The number of ether oxygens (including phenoxy) is 1. The van der Waals surface area contributed by atoms with Crippen molar-refractivity contribution in [2.45, 2.75) is 13.5 Å². The molecule has 0 aromatic heterocycles. The van der Waals surface area contributed by atoms with Gasteiger partial charge in [-0.3, -0.25) is 0 Å². The van der Waals surface area contributed by atoms with Gasteiger partial charge >= 0.3 is 0 Å². The molecule has 2 N–H and O–H groups in total. The highest BCUT2D eigenvalue weighted by molar-refractivity contribution is 9.10. The summed E-state index contributed by atoms with van der Waals surface area (Å²) in [6, 6.07) is 8.56. The molecule has 0 saturated heterocycles. The van der Waals surface area contributed by atoms with Crippen LogP contribution in [0.2, 0.25) is 10.0 Å². The zero-order valence-corrected chi connectivity index (χ0v) is 14.4. The topological polar surface area (TPSA) is 41.5 Å². The largest absolute Gasteiger partial charge is 0.508 e. The summed E-state index contributed by atoms with van der Waals surface area (Å²) in [5, 5.41) is 14.1. The van der Waals surface area contributed by atoms with E-state index in [1.165, 1.54) is 0 Å². The maximum Gasteiger partial charge on any atom is 0.156 e. The highest BCUT2D eigenvalue weighted by Gasteiger charge is 2.12. The number of benzene rings is 2. The minimum Gasteiger partial charge on any atom is -0.508 e. The second-order valence-electron chi connectivity index (χ2n) is 4.29. The standard InChI is InChI=1S/C15H14BrCl2NO2/c1-2-21-15-11(16)6-9(17)7-13(15)19-8-10-12(18)4-3-5-14(10)20/h3-7,19-20H,2,8H2,1H3. The quantitative estimate of drug-likeness (QED) is 0.710. The second-order valence-corrected chi connectivity index (χ2v) is 5.99. The molecule has 21 heavy (non-hydrogen) atoms. The highest BCUT2D eigenvalue weighted by atomic mass is 79.9. The van der Waals surface area contributed by atoms with Crippen LogP contribution in [0.4, 0.5) is 5.69 Å². The van der Waals surface area contributed by atoms with Crippen LogP contribution in [-0.4, -0.2) is 11.7 Å². The van der Waals surface area contributed by atoms with Crippen molar-refractivity contribution in [1.82, 2.24) is 0 Å². The average molecular weight is 391 g/mol. The highest BCUT2D eigenvalue weighted by Crippen LogP contribution is 2.37. The Morgan fingerprint density at radius 3 is 2.71 bits per heavy atom. The molecule has 6 heteroatoms. The van der Waals surface area contributed by atoms with Crippen LogP contribution >= 0.6 is 39.1 Å². The van der Waals surface area contributed by atoms with Crippen LogP contribution in [0, 0.1) is 0 Å². The number of halogens is 3. The Bertz CT molecular complexity index is 630. The monoisotopic (exact) mass is 389 g/mol. The third-order valence-electron chi connectivity index (χ3n) is 2.85. The number of nitrogens with one attached hydrogen (secondary N) is 1. The lowest BCUT2D eigenvalue weighted by atomic mass is 10.2. The molecule has 0 amide bonds. The van der Waals surface area contributed by atoms with Crippen LogP contribution in [0.15, 0.2) is 34.8 Å². The van der Waals surface area contributed by atoms with Gasteiger partial charge < -0.3 is 15.2 Å². The number of hydrogen-bond donors (Lipinski definition) is 2. The van der Waals surface area contributed by atoms with E-state index in [0.29, 0.717) is 34.5 Å². The van der Waals surface area contributed by atoms with Crippen LogP contribution in [0.1, 0.15) is 12.5 Å². The van der Waals surface area contributed by atoms with E-state index >= 15 is 0 Å². The molecule has 0 radical (unpaired) electrons. The van der Waals surface area contributed by atoms with E-state index in [2.05, 4.69) is 21.2 Å². The zero-order valence-electron chi connectivity index (χ0n) is 11.3. The van der Waals surface area contributed by atoms with Crippen molar-refractivity contribution in [3.05, 3.63) is 50.4 Å². The van der Waals surface area contributed by atoms with E-state index in [9.17, 15) is 5.11 Å². The van der Waals surface area contributed by atoms with Crippen LogP contribution in [-0.2, 0) is 6.54 Å². The molecule has 2 rings (SSSR count). The molecular formula is C15H14BrCl2NO2. The normalized spacial score (nSPS) is 10.5. The molecule has 0 unspecified atom stereocenters. The molecule has 0 heterocycles. The molecule has 3 nitrogen and oxygen atoms in total. The van der Waals surface area contributed by atoms with Crippen molar-refractivity contribution < 1.29 is 9.84 Å². The van der Waals surface area contributed by atoms with Crippen molar-refractivity contribution in [2.75, 3.05) is 11.9 Å². The predicted octanol–water partition coefficient (Wildman–Crippen LogP) is 5.47. The zero-order chi connectivity index (χ0) is 15.4. The van der Waals surface area contributed by atoms with Crippen molar-refractivity contribution in [3.8, 4) is 11.5 Å². The van der Waals surface area contributed by atoms with Crippen molar-refractivity contribution >= 4 is 44.8 Å². The van der Waals surface area contributed by atoms with Gasteiger partial charge in [0.15, 0.2) is 5.75 Å². The first-order valence-corrected chi connectivity index (χ1v) is 7.90. The Labute approximate surface area is 142 Å². The number of rotatable bonds is 5. The van der Waals surface area contributed by atoms with Gasteiger partial charge in [-0.05, 0) is 47.1 Å². The second kappa shape index (κ2) is 7.25. The van der Waals surface area contributed by atoms with Crippen LogP contribution in [0.5, 0.6) is 11.5 Å². The van der Waals surface area contributed by atoms with Gasteiger partial charge in [-0.2, -0.15) is 0 Å². The van der Waals surface area contributed by atoms with E-state index in [1.807, 2.05) is 6.92 Å². The van der Waals surface area contributed by atoms with Gasteiger partial charge in [-0.1, -0.05) is 29.3 Å². The molecular weight excluding hydrogens is 377 g/mol. The Hall–Kier alpha value is -1.10. The number of phenolic OH excluding ortho intramolecular Hbond substituents is 1. The fourth-order valence-corrected chi connectivity index (χ4v) is 3.05. The van der Waals surface area contributed by atoms with Crippen molar-refractivity contribution in [2.24, 2.45) is 0 Å². The van der Waals surface area contributed by atoms with Gasteiger partial charge in [-0.15, -0.1) is 0 Å². The average Bonchev–Trinajstić information content (AvgIpc) is 2.42. The number of anilines is 1. The van der Waals surface area contributed by atoms with Crippen molar-refractivity contribution in [3.63, 3.8) is 0 Å². The van der Waals surface area contributed by atoms with Gasteiger partial charge in [0.2, 0.25) is 0 Å². The SMILES string of the molecule is CCOc1c(Br)cc(Cl)cc1NCc1c(O)cccc1Cl. The van der Waals surface area contributed by atoms with Crippen LogP contribution in [0.25, 0.3) is 0 Å². The van der Waals surface area contributed by atoms with Crippen LogP contribution < -0.4 is 10.1 Å². The molecule has 112 valence electrons. The van der Waals surface area contributed by atoms with E-state index in [4.69, 9.17) is 27.9 Å². The van der Waals surface area contributed by atoms with E-state index in [-0.39, 0.29) is 5.75 Å². The summed E-state index contributed by atoms with van der Waals surface area (Å²) in [7, 11) is 0. The Morgan fingerprint density at radius 1 is 1.29 bits per heavy atom. The van der Waals surface area contributed by atoms with E-state index in [1.54, 1.807) is 30.3 Å². The smallest absolute Gasteiger partial charge is 0.156 e. The Morgan fingerprint density at radius 2 is 2.05 bits per heavy atom. The molecule has 2 aromatic carbocycles. The van der Waals surface area contributed by atoms with Crippen molar-refractivity contribution in [1.29, 1.82) is 0 Å². The first kappa shape index (κ1) is 16.3. The maximum absolute atomic E-state index is 9.86. The van der Waals surface area contributed by atoms with Gasteiger partial charge in [0, 0.05) is 22.2 Å². The summed E-state index contributed by atoms with van der Waals surface area (Å²) in [4.78, 5) is 0. The number of phenols is 1. The summed E-state index contributed by atoms with van der Waals surface area (Å²) >= 11 is 15.6. The molecule has 2 aromatic rings. The lowest BCUT2D eigenvalue weighted by Crippen LogP contribution is -2.04. The third kappa shape index (κ3) is 3.96. The lowest BCUT2D eigenvalue weighted by molar-refractivity contribution is 0.339. The number of hydrogen-bond acceptors (Lipinski definition) is 3. The minimum atomic E-state index is 0.147. The van der Waals surface area contributed by atoms with Crippen LogP contribution in [0.3, 0.4) is 0 Å². The molecule has 0 saturated carbocycles. The first-order valence-electron chi connectivity index (χ1n) is 6.35. The summed E-state index contributed by atoms with van der Waals surface area (Å²) < 4.78 is 6.37. The molecule has 0 aliphatic carbocycles. The lowest BCUT2D eigenvalue weighted by Gasteiger charge is -2.15. The van der Waals surface area contributed by atoms with E-state index in [0.717, 1.165) is 10.2 Å².